The molecule has 1 unspecified atom stereocenters. The van der Waals surface area contributed by atoms with Crippen LogP contribution in [0.4, 0.5) is 0 Å². The van der Waals surface area contributed by atoms with Crippen LogP contribution in [-0.2, 0) is 28.6 Å². The summed E-state index contributed by atoms with van der Waals surface area (Å²) in [6, 6.07) is 0. The highest BCUT2D eigenvalue weighted by Crippen LogP contribution is 2.15. The SMILES string of the molecule is CC/C=C\C/C=C\C/C=C\C/C=C\C/C=C\C/C=C\C/C=C\C/C=C\CCCCCCCCCCCCC(=O)OCC(COC(=O)CCCCCCCC)OC(=O)CCCCCCC/C=C\CCCC. The average Bonchev–Trinajstić information content (AvgIpc) is 3.36. The van der Waals surface area contributed by atoms with Gasteiger partial charge in [-0.05, 0) is 103 Å². The molecule has 0 aliphatic rings. The fraction of sp³-hybridized carbons (Fsp3) is 0.672. The molecule has 0 saturated heterocycles. The van der Waals surface area contributed by atoms with Gasteiger partial charge in [-0.1, -0.05) is 246 Å². The Balaban J connectivity index is 4.02. The minimum absolute atomic E-state index is 0.0817. The first-order chi connectivity index (χ1) is 34.5. The summed E-state index contributed by atoms with van der Waals surface area (Å²) >= 11 is 0. The van der Waals surface area contributed by atoms with E-state index in [2.05, 4.69) is 130 Å². The lowest BCUT2D eigenvalue weighted by molar-refractivity contribution is -0.167. The van der Waals surface area contributed by atoms with Crippen LogP contribution < -0.4 is 0 Å². The van der Waals surface area contributed by atoms with Crippen molar-refractivity contribution in [3.05, 3.63) is 109 Å². The van der Waals surface area contributed by atoms with Gasteiger partial charge in [0.1, 0.15) is 13.2 Å². The largest absolute Gasteiger partial charge is 0.462 e. The maximum Gasteiger partial charge on any atom is 0.306 e. The van der Waals surface area contributed by atoms with E-state index in [1.54, 1.807) is 0 Å². The number of rotatable bonds is 51. The van der Waals surface area contributed by atoms with Crippen molar-refractivity contribution < 1.29 is 28.6 Å². The second-order valence-electron chi connectivity index (χ2n) is 18.8. The van der Waals surface area contributed by atoms with Crippen LogP contribution in [-0.4, -0.2) is 37.2 Å². The number of carbonyl (C=O) groups is 3. The number of carbonyl (C=O) groups excluding carboxylic acids is 3. The highest BCUT2D eigenvalue weighted by Gasteiger charge is 2.19. The monoisotopic (exact) mass is 971 g/mol. The molecule has 0 N–H and O–H groups in total. The van der Waals surface area contributed by atoms with E-state index in [-0.39, 0.29) is 31.1 Å². The number of unbranched alkanes of at least 4 members (excludes halogenated alkanes) is 22. The van der Waals surface area contributed by atoms with Crippen molar-refractivity contribution in [1.82, 2.24) is 0 Å². The summed E-state index contributed by atoms with van der Waals surface area (Å²) in [5, 5.41) is 0. The quantitative estimate of drug-likeness (QED) is 0.0262. The molecule has 0 aromatic carbocycles. The van der Waals surface area contributed by atoms with E-state index in [0.717, 1.165) is 122 Å². The normalized spacial score (nSPS) is 12.9. The van der Waals surface area contributed by atoms with Gasteiger partial charge >= 0.3 is 17.9 Å². The molecule has 0 amide bonds. The Bertz CT molecular complexity index is 1440. The second-order valence-corrected chi connectivity index (χ2v) is 18.8. The van der Waals surface area contributed by atoms with Crippen LogP contribution in [0.5, 0.6) is 0 Å². The van der Waals surface area contributed by atoms with Crippen LogP contribution in [0.1, 0.15) is 258 Å². The van der Waals surface area contributed by atoms with Gasteiger partial charge in [0.2, 0.25) is 0 Å². The molecule has 0 bridgehead atoms. The molecule has 70 heavy (non-hydrogen) atoms. The third-order valence-corrected chi connectivity index (χ3v) is 12.0. The number of ether oxygens (including phenoxy) is 3. The minimum atomic E-state index is -0.779. The third kappa shape index (κ3) is 55.0. The molecule has 0 aromatic rings. The van der Waals surface area contributed by atoms with Crippen LogP contribution in [0.3, 0.4) is 0 Å². The Morgan fingerprint density at radius 2 is 0.571 bits per heavy atom. The molecule has 1 atom stereocenters. The molecule has 6 heteroatoms. The van der Waals surface area contributed by atoms with E-state index in [1.807, 2.05) is 0 Å². The summed E-state index contributed by atoms with van der Waals surface area (Å²) in [5.74, 6) is -0.908. The summed E-state index contributed by atoms with van der Waals surface area (Å²) in [4.78, 5) is 37.7. The Kier molecular flexibility index (Phi) is 54.4. The van der Waals surface area contributed by atoms with Crippen molar-refractivity contribution in [2.45, 2.75) is 264 Å². The topological polar surface area (TPSA) is 78.9 Å². The summed E-state index contributed by atoms with van der Waals surface area (Å²) in [6.07, 6.45) is 78.4. The molecule has 0 aromatic heterocycles. The van der Waals surface area contributed by atoms with Crippen molar-refractivity contribution in [3.8, 4) is 0 Å². The summed E-state index contributed by atoms with van der Waals surface area (Å²) in [5.41, 5.74) is 0. The molecule has 6 nitrogen and oxygen atoms in total. The Morgan fingerprint density at radius 1 is 0.300 bits per heavy atom. The van der Waals surface area contributed by atoms with Crippen LogP contribution in [0.15, 0.2) is 109 Å². The molecule has 398 valence electrons. The van der Waals surface area contributed by atoms with Crippen LogP contribution in [0, 0.1) is 0 Å². The zero-order valence-corrected chi connectivity index (χ0v) is 45.5. The van der Waals surface area contributed by atoms with E-state index in [1.165, 1.54) is 96.3 Å². The second kappa shape index (κ2) is 57.6. The van der Waals surface area contributed by atoms with E-state index >= 15 is 0 Å². The van der Waals surface area contributed by atoms with Crippen molar-refractivity contribution in [2.24, 2.45) is 0 Å². The number of hydrogen-bond donors (Lipinski definition) is 0. The summed E-state index contributed by atoms with van der Waals surface area (Å²) in [7, 11) is 0. The molecular weight excluding hydrogens is 865 g/mol. The van der Waals surface area contributed by atoms with Crippen LogP contribution in [0.2, 0.25) is 0 Å². The molecule has 0 aliphatic carbocycles. The van der Waals surface area contributed by atoms with Gasteiger partial charge in [-0.15, -0.1) is 0 Å². The highest BCUT2D eigenvalue weighted by atomic mass is 16.6. The molecule has 0 spiro atoms. The lowest BCUT2D eigenvalue weighted by Crippen LogP contribution is -2.30. The van der Waals surface area contributed by atoms with Crippen LogP contribution in [0.25, 0.3) is 0 Å². The van der Waals surface area contributed by atoms with Crippen LogP contribution >= 0.6 is 0 Å². The van der Waals surface area contributed by atoms with Crippen molar-refractivity contribution in [1.29, 1.82) is 0 Å². The third-order valence-electron chi connectivity index (χ3n) is 12.0. The van der Waals surface area contributed by atoms with Gasteiger partial charge in [0.15, 0.2) is 6.10 Å². The van der Waals surface area contributed by atoms with Gasteiger partial charge in [0.25, 0.3) is 0 Å². The van der Waals surface area contributed by atoms with E-state index in [9.17, 15) is 14.4 Å². The highest BCUT2D eigenvalue weighted by molar-refractivity contribution is 5.71. The predicted molar refractivity (Wildman–Crippen MR) is 302 cm³/mol. The standard InChI is InChI=1S/C64H106O6/c1-4-7-10-13-16-18-20-21-22-23-24-25-26-27-28-29-30-31-32-33-34-35-36-37-38-39-40-41-42-43-45-46-48-51-54-57-63(66)69-60-61(59-68-62(65)56-53-50-15-12-9-6-3)70-64(67)58-55-52-49-47-44-19-17-14-11-8-5-2/h7,10,14,16-18,21-22,24-25,27-28,30-31,33-34,36-37,61H,4-6,8-9,11-13,15,19-20,23,26,29,32,35,38-60H2,1-3H3/b10-7-,17-14-,18-16-,22-21-,25-24-,28-27-,31-30-,34-33-,37-36-. The zero-order chi connectivity index (χ0) is 50.7. The predicted octanol–water partition coefficient (Wildman–Crippen LogP) is 19.5. The summed E-state index contributed by atoms with van der Waals surface area (Å²) < 4.78 is 16.7. The number of hydrogen-bond acceptors (Lipinski definition) is 6. The number of esters is 3. The smallest absolute Gasteiger partial charge is 0.306 e. The van der Waals surface area contributed by atoms with Gasteiger partial charge in [-0.3, -0.25) is 14.4 Å². The van der Waals surface area contributed by atoms with Gasteiger partial charge in [0, 0.05) is 19.3 Å². The van der Waals surface area contributed by atoms with E-state index in [0.29, 0.717) is 19.3 Å². The van der Waals surface area contributed by atoms with E-state index in [4.69, 9.17) is 14.2 Å². The Hall–Kier alpha value is -3.93. The number of allylic oxidation sites excluding steroid dienone is 18. The fourth-order valence-electron chi connectivity index (χ4n) is 7.67. The molecule has 0 heterocycles. The fourth-order valence-corrected chi connectivity index (χ4v) is 7.67. The molecular formula is C64H106O6. The molecule has 0 aliphatic heterocycles. The van der Waals surface area contributed by atoms with Gasteiger partial charge in [0.05, 0.1) is 0 Å². The molecule has 0 rings (SSSR count). The van der Waals surface area contributed by atoms with Crippen molar-refractivity contribution in [2.75, 3.05) is 13.2 Å². The maximum absolute atomic E-state index is 12.7. The molecule has 0 fully saturated rings. The molecule has 0 radical (unpaired) electrons. The lowest BCUT2D eigenvalue weighted by atomic mass is 10.1. The first-order valence-corrected chi connectivity index (χ1v) is 28.9. The lowest BCUT2D eigenvalue weighted by Gasteiger charge is -2.18. The maximum atomic E-state index is 12.7. The van der Waals surface area contributed by atoms with E-state index < -0.39 is 6.10 Å². The van der Waals surface area contributed by atoms with Crippen molar-refractivity contribution >= 4 is 17.9 Å². The van der Waals surface area contributed by atoms with Gasteiger partial charge < -0.3 is 14.2 Å². The average molecular weight is 972 g/mol. The molecule has 0 saturated carbocycles. The van der Waals surface area contributed by atoms with Gasteiger partial charge in [-0.2, -0.15) is 0 Å². The zero-order valence-electron chi connectivity index (χ0n) is 45.5. The Morgan fingerprint density at radius 3 is 0.929 bits per heavy atom. The first-order valence-electron chi connectivity index (χ1n) is 28.9. The Labute approximate surface area is 431 Å². The summed E-state index contributed by atoms with van der Waals surface area (Å²) in [6.45, 7) is 6.41. The first kappa shape index (κ1) is 66.1. The van der Waals surface area contributed by atoms with Gasteiger partial charge in [-0.25, -0.2) is 0 Å². The minimum Gasteiger partial charge on any atom is -0.462 e. The van der Waals surface area contributed by atoms with Crippen molar-refractivity contribution in [3.63, 3.8) is 0 Å².